The van der Waals surface area contributed by atoms with E-state index in [0.717, 1.165) is 5.56 Å². The standard InChI is InChI=1S/C12H14ClN3O3S/c1-16(7-9-3-2-4-11(13)5-9)20(18,19)12-10(8-17)6-14-15-12/h2-6,17H,7-8H2,1H3,(H,14,15). The summed E-state index contributed by atoms with van der Waals surface area (Å²) in [6.07, 6.45) is 1.29. The van der Waals surface area contributed by atoms with Crippen LogP contribution in [0.1, 0.15) is 11.1 Å². The van der Waals surface area contributed by atoms with Gasteiger partial charge in [0.25, 0.3) is 10.0 Å². The van der Waals surface area contributed by atoms with E-state index in [1.807, 2.05) is 0 Å². The summed E-state index contributed by atoms with van der Waals surface area (Å²) in [6.45, 7) is -0.219. The van der Waals surface area contributed by atoms with E-state index in [1.54, 1.807) is 24.3 Å². The predicted molar refractivity (Wildman–Crippen MR) is 74.6 cm³/mol. The number of aliphatic hydroxyl groups is 1. The Labute approximate surface area is 122 Å². The number of halogens is 1. The number of aromatic nitrogens is 2. The molecule has 8 heteroatoms. The van der Waals surface area contributed by atoms with Crippen LogP contribution in [0.3, 0.4) is 0 Å². The Morgan fingerprint density at radius 2 is 2.20 bits per heavy atom. The summed E-state index contributed by atoms with van der Waals surface area (Å²) in [5.74, 6) is 0. The number of aromatic amines is 1. The number of rotatable bonds is 5. The zero-order valence-corrected chi connectivity index (χ0v) is 12.3. The fraction of sp³-hybridized carbons (Fsp3) is 0.250. The molecular weight excluding hydrogens is 302 g/mol. The van der Waals surface area contributed by atoms with Gasteiger partial charge in [0.05, 0.1) is 12.8 Å². The SMILES string of the molecule is CN(Cc1cccc(Cl)c1)S(=O)(=O)c1[nH]ncc1CO. The van der Waals surface area contributed by atoms with E-state index < -0.39 is 16.6 Å². The van der Waals surface area contributed by atoms with Crippen LogP contribution in [0.25, 0.3) is 0 Å². The minimum Gasteiger partial charge on any atom is -0.392 e. The molecule has 0 aliphatic heterocycles. The second-order valence-electron chi connectivity index (χ2n) is 4.27. The number of hydrogen-bond donors (Lipinski definition) is 2. The van der Waals surface area contributed by atoms with Crippen molar-refractivity contribution in [3.8, 4) is 0 Å². The molecule has 0 fully saturated rings. The molecule has 0 saturated heterocycles. The van der Waals surface area contributed by atoms with Crippen molar-refractivity contribution >= 4 is 21.6 Å². The molecule has 2 N–H and O–H groups in total. The lowest BCUT2D eigenvalue weighted by Crippen LogP contribution is -2.27. The van der Waals surface area contributed by atoms with Crippen LogP contribution in [0.5, 0.6) is 0 Å². The van der Waals surface area contributed by atoms with E-state index in [0.29, 0.717) is 5.02 Å². The first-order chi connectivity index (χ1) is 9.45. The van der Waals surface area contributed by atoms with Crippen molar-refractivity contribution in [3.63, 3.8) is 0 Å². The quantitative estimate of drug-likeness (QED) is 0.872. The zero-order valence-electron chi connectivity index (χ0n) is 10.7. The topological polar surface area (TPSA) is 86.3 Å². The van der Waals surface area contributed by atoms with Crippen LogP contribution in [0.2, 0.25) is 5.02 Å². The van der Waals surface area contributed by atoms with Crippen molar-refractivity contribution in [1.29, 1.82) is 0 Å². The van der Waals surface area contributed by atoms with E-state index in [4.69, 9.17) is 16.7 Å². The summed E-state index contributed by atoms with van der Waals surface area (Å²) >= 11 is 5.87. The highest BCUT2D eigenvalue weighted by molar-refractivity contribution is 7.89. The van der Waals surface area contributed by atoms with Crippen molar-refractivity contribution in [1.82, 2.24) is 14.5 Å². The van der Waals surface area contributed by atoms with E-state index >= 15 is 0 Å². The van der Waals surface area contributed by atoms with Gasteiger partial charge in [0.2, 0.25) is 0 Å². The van der Waals surface area contributed by atoms with E-state index in [9.17, 15) is 8.42 Å². The van der Waals surface area contributed by atoms with E-state index in [2.05, 4.69) is 10.2 Å². The molecule has 6 nitrogen and oxygen atoms in total. The maximum atomic E-state index is 12.4. The highest BCUT2D eigenvalue weighted by atomic mass is 35.5. The van der Waals surface area contributed by atoms with Gasteiger partial charge in [-0.25, -0.2) is 8.42 Å². The summed E-state index contributed by atoms with van der Waals surface area (Å²) in [5, 5.41) is 15.6. The van der Waals surface area contributed by atoms with Crippen molar-refractivity contribution in [2.24, 2.45) is 0 Å². The number of benzene rings is 1. The molecule has 0 bridgehead atoms. The monoisotopic (exact) mass is 315 g/mol. The highest BCUT2D eigenvalue weighted by Crippen LogP contribution is 2.19. The molecule has 0 aliphatic rings. The molecule has 1 aromatic heterocycles. The van der Waals surface area contributed by atoms with Gasteiger partial charge in [-0.3, -0.25) is 5.10 Å². The van der Waals surface area contributed by atoms with Gasteiger partial charge in [0.15, 0.2) is 5.03 Å². The normalized spacial score (nSPS) is 12.0. The molecule has 0 atom stereocenters. The van der Waals surface area contributed by atoms with Gasteiger partial charge < -0.3 is 5.11 Å². The van der Waals surface area contributed by atoms with Gasteiger partial charge in [-0.05, 0) is 17.7 Å². The Kier molecular flexibility index (Phi) is 4.44. The predicted octanol–water partition coefficient (Wildman–Crippen LogP) is 1.38. The molecule has 2 aromatic rings. The Bertz CT molecular complexity index is 699. The van der Waals surface area contributed by atoms with E-state index in [1.165, 1.54) is 17.5 Å². The Morgan fingerprint density at radius 1 is 1.45 bits per heavy atom. The number of sulfonamides is 1. The van der Waals surface area contributed by atoms with Crippen LogP contribution >= 0.6 is 11.6 Å². The largest absolute Gasteiger partial charge is 0.392 e. The Balaban J connectivity index is 2.26. The summed E-state index contributed by atoms with van der Waals surface area (Å²) in [4.78, 5) is 0. The average molecular weight is 316 g/mol. The lowest BCUT2D eigenvalue weighted by molar-refractivity contribution is 0.278. The van der Waals surface area contributed by atoms with Gasteiger partial charge in [-0.2, -0.15) is 9.40 Å². The summed E-state index contributed by atoms with van der Waals surface area (Å²) in [6, 6.07) is 6.97. The number of hydrogen-bond acceptors (Lipinski definition) is 4. The van der Waals surface area contributed by atoms with Gasteiger partial charge in [0, 0.05) is 24.2 Å². The van der Waals surface area contributed by atoms with Gasteiger partial charge in [-0.15, -0.1) is 0 Å². The zero-order chi connectivity index (χ0) is 14.8. The Morgan fingerprint density at radius 3 is 2.85 bits per heavy atom. The van der Waals surface area contributed by atoms with Crippen molar-refractivity contribution in [2.45, 2.75) is 18.2 Å². The number of H-pyrrole nitrogens is 1. The van der Waals surface area contributed by atoms with Crippen LogP contribution in [0.4, 0.5) is 0 Å². The molecule has 0 radical (unpaired) electrons. The van der Waals surface area contributed by atoms with Crippen molar-refractivity contribution in [2.75, 3.05) is 7.05 Å². The molecule has 0 aliphatic carbocycles. The van der Waals surface area contributed by atoms with Crippen LogP contribution in [-0.2, 0) is 23.2 Å². The lowest BCUT2D eigenvalue weighted by Gasteiger charge is -2.17. The molecule has 108 valence electrons. The number of nitrogens with one attached hydrogen (secondary N) is 1. The minimum absolute atomic E-state index is 0.0930. The first-order valence-corrected chi connectivity index (χ1v) is 7.61. The third-order valence-electron chi connectivity index (χ3n) is 2.81. The fourth-order valence-corrected chi connectivity index (χ4v) is 3.23. The summed E-state index contributed by atoms with van der Waals surface area (Å²) in [5.41, 5.74) is 1.01. The molecule has 1 heterocycles. The molecular formula is C12H14ClN3O3S. The lowest BCUT2D eigenvalue weighted by atomic mass is 10.2. The van der Waals surface area contributed by atoms with Crippen LogP contribution in [0.15, 0.2) is 35.5 Å². The second-order valence-corrected chi connectivity index (χ2v) is 6.69. The summed E-state index contributed by atoms with van der Waals surface area (Å²) < 4.78 is 25.9. The smallest absolute Gasteiger partial charge is 0.260 e. The molecule has 0 saturated carbocycles. The van der Waals surface area contributed by atoms with Gasteiger partial charge in [-0.1, -0.05) is 23.7 Å². The molecule has 0 unspecified atom stereocenters. The van der Waals surface area contributed by atoms with Crippen molar-refractivity contribution in [3.05, 3.63) is 46.6 Å². The maximum absolute atomic E-state index is 12.4. The highest BCUT2D eigenvalue weighted by Gasteiger charge is 2.25. The van der Waals surface area contributed by atoms with Gasteiger partial charge in [0.1, 0.15) is 0 Å². The van der Waals surface area contributed by atoms with Gasteiger partial charge >= 0.3 is 0 Å². The minimum atomic E-state index is -3.74. The maximum Gasteiger partial charge on any atom is 0.260 e. The van der Waals surface area contributed by atoms with E-state index in [-0.39, 0.29) is 17.1 Å². The number of nitrogens with zero attached hydrogens (tertiary/aromatic N) is 2. The van der Waals surface area contributed by atoms with Crippen molar-refractivity contribution < 1.29 is 13.5 Å². The first kappa shape index (κ1) is 15.0. The molecule has 2 rings (SSSR count). The third-order valence-corrected chi connectivity index (χ3v) is 4.87. The van der Waals surface area contributed by atoms with Crippen LogP contribution < -0.4 is 0 Å². The fourth-order valence-electron chi connectivity index (χ4n) is 1.77. The average Bonchev–Trinajstić information content (AvgIpc) is 2.87. The second kappa shape index (κ2) is 5.92. The Hall–Kier alpha value is -1.41. The molecule has 20 heavy (non-hydrogen) atoms. The molecule has 1 aromatic carbocycles. The molecule has 0 spiro atoms. The first-order valence-electron chi connectivity index (χ1n) is 5.79. The van der Waals surface area contributed by atoms with Crippen LogP contribution in [-0.4, -0.2) is 35.1 Å². The molecule has 0 amide bonds. The summed E-state index contributed by atoms with van der Waals surface area (Å²) in [7, 11) is -2.28. The number of aliphatic hydroxyl groups excluding tert-OH is 1. The third kappa shape index (κ3) is 3.01. The van der Waals surface area contributed by atoms with Crippen LogP contribution in [0, 0.1) is 0 Å².